The lowest BCUT2D eigenvalue weighted by atomic mass is 10.2. The Kier molecular flexibility index (Phi) is 1.72. The smallest absolute Gasteiger partial charge is 0.130 e. The van der Waals surface area contributed by atoms with E-state index >= 15 is 0 Å². The molecule has 1 aromatic carbocycles. The van der Waals surface area contributed by atoms with Gasteiger partial charge in [0, 0.05) is 6.07 Å². The van der Waals surface area contributed by atoms with E-state index in [2.05, 4.69) is 6.58 Å². The van der Waals surface area contributed by atoms with Gasteiger partial charge in [-0.3, -0.25) is 0 Å². The fourth-order valence-electron chi connectivity index (χ4n) is 0.764. The molecule has 0 aliphatic carbocycles. The standard InChI is InChI=1S/C8H8O3/c1-5(9)7-3-2-6(10)4-8(7)11/h2-4,9-11H,1H2. The lowest BCUT2D eigenvalue weighted by Crippen LogP contribution is -1.80. The summed E-state index contributed by atoms with van der Waals surface area (Å²) in [5.41, 5.74) is 0.225. The Morgan fingerprint density at radius 3 is 2.36 bits per heavy atom. The van der Waals surface area contributed by atoms with Crippen molar-refractivity contribution in [1.29, 1.82) is 0 Å². The van der Waals surface area contributed by atoms with Crippen LogP contribution in [0.2, 0.25) is 0 Å². The lowest BCUT2D eigenvalue weighted by Gasteiger charge is -2.01. The number of phenols is 2. The second-order valence-electron chi connectivity index (χ2n) is 2.15. The topological polar surface area (TPSA) is 60.7 Å². The van der Waals surface area contributed by atoms with Crippen LogP contribution < -0.4 is 0 Å². The molecule has 0 radical (unpaired) electrons. The van der Waals surface area contributed by atoms with Gasteiger partial charge in [0.1, 0.15) is 17.3 Å². The molecular weight excluding hydrogens is 144 g/mol. The molecule has 0 saturated heterocycles. The van der Waals surface area contributed by atoms with E-state index in [9.17, 15) is 0 Å². The third kappa shape index (κ3) is 1.43. The molecular formula is C8H8O3. The molecule has 0 heterocycles. The fourth-order valence-corrected chi connectivity index (χ4v) is 0.764. The van der Waals surface area contributed by atoms with Crippen molar-refractivity contribution < 1.29 is 15.3 Å². The van der Waals surface area contributed by atoms with Crippen LogP contribution in [0, 0.1) is 0 Å². The zero-order chi connectivity index (χ0) is 8.43. The van der Waals surface area contributed by atoms with Gasteiger partial charge in [-0.05, 0) is 12.1 Å². The highest BCUT2D eigenvalue weighted by Crippen LogP contribution is 2.26. The molecule has 1 aromatic rings. The highest BCUT2D eigenvalue weighted by Gasteiger charge is 2.03. The van der Waals surface area contributed by atoms with Crippen LogP contribution in [-0.4, -0.2) is 15.3 Å². The fraction of sp³-hybridized carbons (Fsp3) is 0. The zero-order valence-corrected chi connectivity index (χ0v) is 5.78. The third-order valence-electron chi connectivity index (χ3n) is 1.29. The monoisotopic (exact) mass is 152 g/mol. The first-order valence-corrected chi connectivity index (χ1v) is 3.01. The second-order valence-corrected chi connectivity index (χ2v) is 2.15. The molecule has 0 unspecified atom stereocenters. The minimum atomic E-state index is -0.220. The molecule has 0 bridgehead atoms. The number of aliphatic hydroxyl groups is 1. The van der Waals surface area contributed by atoms with E-state index in [1.807, 2.05) is 0 Å². The first-order chi connectivity index (χ1) is 5.11. The first kappa shape index (κ1) is 7.47. The van der Waals surface area contributed by atoms with E-state index in [0.717, 1.165) is 6.07 Å². The molecule has 11 heavy (non-hydrogen) atoms. The van der Waals surface area contributed by atoms with Gasteiger partial charge < -0.3 is 15.3 Å². The molecule has 0 saturated carbocycles. The van der Waals surface area contributed by atoms with Gasteiger partial charge in [-0.25, -0.2) is 0 Å². The zero-order valence-electron chi connectivity index (χ0n) is 5.78. The van der Waals surface area contributed by atoms with E-state index in [-0.39, 0.29) is 22.8 Å². The van der Waals surface area contributed by atoms with Gasteiger partial charge in [-0.2, -0.15) is 0 Å². The van der Waals surface area contributed by atoms with E-state index in [0.29, 0.717) is 0 Å². The summed E-state index contributed by atoms with van der Waals surface area (Å²) in [6.07, 6.45) is 0. The third-order valence-corrected chi connectivity index (χ3v) is 1.29. The van der Waals surface area contributed by atoms with E-state index in [1.165, 1.54) is 12.1 Å². The molecule has 0 spiro atoms. The summed E-state index contributed by atoms with van der Waals surface area (Å²) in [6, 6.07) is 3.88. The van der Waals surface area contributed by atoms with Crippen molar-refractivity contribution in [2.24, 2.45) is 0 Å². The minimum absolute atomic E-state index is 0.0486. The Hall–Kier alpha value is -1.64. The number of hydrogen-bond donors (Lipinski definition) is 3. The number of aliphatic hydroxyl groups excluding tert-OH is 1. The van der Waals surface area contributed by atoms with Gasteiger partial charge in [0.05, 0.1) is 5.56 Å². The molecule has 0 fully saturated rings. The minimum Gasteiger partial charge on any atom is -0.508 e. The highest BCUT2D eigenvalue weighted by atomic mass is 16.3. The molecule has 0 aliphatic heterocycles. The predicted molar refractivity (Wildman–Crippen MR) is 41.4 cm³/mol. The first-order valence-electron chi connectivity index (χ1n) is 3.01. The van der Waals surface area contributed by atoms with Crippen molar-refractivity contribution in [3.8, 4) is 11.5 Å². The quantitative estimate of drug-likeness (QED) is 0.536. The molecule has 1 rings (SSSR count). The summed E-state index contributed by atoms with van der Waals surface area (Å²) in [6.45, 7) is 3.23. The van der Waals surface area contributed by atoms with Crippen LogP contribution in [-0.2, 0) is 0 Å². The molecule has 3 N–H and O–H groups in total. The Bertz CT molecular complexity index is 291. The van der Waals surface area contributed by atoms with Crippen LogP contribution in [0.15, 0.2) is 24.8 Å². The largest absolute Gasteiger partial charge is 0.508 e. The summed E-state index contributed by atoms with van der Waals surface area (Å²) in [4.78, 5) is 0. The Morgan fingerprint density at radius 2 is 1.91 bits per heavy atom. The van der Waals surface area contributed by atoms with Gasteiger partial charge in [0.15, 0.2) is 0 Å². The van der Waals surface area contributed by atoms with Crippen LogP contribution in [0.3, 0.4) is 0 Å². The summed E-state index contributed by atoms with van der Waals surface area (Å²) < 4.78 is 0. The summed E-state index contributed by atoms with van der Waals surface area (Å²) in [7, 11) is 0. The van der Waals surface area contributed by atoms with Crippen LogP contribution in [0.1, 0.15) is 5.56 Å². The van der Waals surface area contributed by atoms with E-state index in [4.69, 9.17) is 15.3 Å². The molecule has 0 aromatic heterocycles. The molecule has 0 amide bonds. The van der Waals surface area contributed by atoms with Crippen LogP contribution in [0.25, 0.3) is 5.76 Å². The van der Waals surface area contributed by atoms with Gasteiger partial charge >= 0.3 is 0 Å². The van der Waals surface area contributed by atoms with Crippen LogP contribution >= 0.6 is 0 Å². The summed E-state index contributed by atoms with van der Waals surface area (Å²) in [5.74, 6) is -0.451. The Labute approximate surface area is 63.9 Å². The molecule has 3 nitrogen and oxygen atoms in total. The van der Waals surface area contributed by atoms with Gasteiger partial charge in [-0.1, -0.05) is 6.58 Å². The van der Waals surface area contributed by atoms with Gasteiger partial charge in [0.2, 0.25) is 0 Å². The maximum atomic E-state index is 9.08. The van der Waals surface area contributed by atoms with E-state index < -0.39 is 0 Å². The van der Waals surface area contributed by atoms with Gasteiger partial charge in [-0.15, -0.1) is 0 Å². The maximum Gasteiger partial charge on any atom is 0.130 e. The summed E-state index contributed by atoms with van der Waals surface area (Å²) in [5, 5.41) is 26.8. The summed E-state index contributed by atoms with van der Waals surface area (Å²) >= 11 is 0. The average Bonchev–Trinajstić information content (AvgIpc) is 1.85. The number of phenolic OH excluding ortho intramolecular Hbond substituents is 2. The van der Waals surface area contributed by atoms with Crippen LogP contribution in [0.4, 0.5) is 0 Å². The second kappa shape index (κ2) is 2.54. The van der Waals surface area contributed by atoms with Crippen molar-refractivity contribution in [2.75, 3.05) is 0 Å². The van der Waals surface area contributed by atoms with Gasteiger partial charge in [0.25, 0.3) is 0 Å². The number of benzene rings is 1. The SMILES string of the molecule is C=C(O)c1ccc(O)cc1O. The average molecular weight is 152 g/mol. The Balaban J connectivity index is 3.20. The molecule has 3 heteroatoms. The highest BCUT2D eigenvalue weighted by molar-refractivity contribution is 5.63. The predicted octanol–water partition coefficient (Wildman–Crippen LogP) is 1.63. The maximum absolute atomic E-state index is 9.08. The van der Waals surface area contributed by atoms with Crippen LogP contribution in [0.5, 0.6) is 11.5 Å². The normalized spacial score (nSPS) is 9.45. The number of rotatable bonds is 1. The van der Waals surface area contributed by atoms with Crippen molar-refractivity contribution in [3.05, 3.63) is 30.3 Å². The van der Waals surface area contributed by atoms with Crippen molar-refractivity contribution in [1.82, 2.24) is 0 Å². The molecule has 0 atom stereocenters. The van der Waals surface area contributed by atoms with E-state index in [1.54, 1.807) is 0 Å². The number of aromatic hydroxyl groups is 2. The van der Waals surface area contributed by atoms with Crippen molar-refractivity contribution in [3.63, 3.8) is 0 Å². The number of hydrogen-bond acceptors (Lipinski definition) is 3. The van der Waals surface area contributed by atoms with Crippen molar-refractivity contribution >= 4 is 5.76 Å². The van der Waals surface area contributed by atoms with Crippen molar-refractivity contribution in [2.45, 2.75) is 0 Å². The lowest BCUT2D eigenvalue weighted by molar-refractivity contribution is 0.443. The molecule has 0 aliphatic rings. The molecule has 58 valence electrons. The Morgan fingerprint density at radius 1 is 1.27 bits per heavy atom.